The summed E-state index contributed by atoms with van der Waals surface area (Å²) in [5.74, 6) is -1.18. The van der Waals surface area contributed by atoms with Crippen molar-refractivity contribution in [2.45, 2.75) is 25.7 Å². The lowest BCUT2D eigenvalue weighted by atomic mass is 9.81. The maximum atomic E-state index is 12.4. The summed E-state index contributed by atoms with van der Waals surface area (Å²) in [6, 6.07) is 0. The lowest BCUT2D eigenvalue weighted by molar-refractivity contribution is -0.149. The molecule has 0 aromatic heterocycles. The van der Waals surface area contributed by atoms with E-state index in [4.69, 9.17) is 0 Å². The second-order valence-electron chi connectivity index (χ2n) is 6.66. The molecule has 3 heterocycles. The number of halogens is 2. The topological polar surface area (TPSA) is 72.9 Å². The summed E-state index contributed by atoms with van der Waals surface area (Å²) < 4.78 is 0. The van der Waals surface area contributed by atoms with E-state index in [9.17, 15) is 14.7 Å². The molecule has 134 valence electrons. The number of carboxylic acids is 1. The average molecular weight is 368 g/mol. The smallest absolute Gasteiger partial charge is 0.313 e. The number of carbonyl (C=O) groups is 2. The Bertz CT molecular complexity index is 430. The fourth-order valence-electron chi connectivity index (χ4n) is 3.99. The molecule has 3 saturated heterocycles. The van der Waals surface area contributed by atoms with Gasteiger partial charge in [0.1, 0.15) is 5.41 Å². The zero-order valence-corrected chi connectivity index (χ0v) is 15.0. The molecule has 0 bridgehead atoms. The standard InChI is InChI=1S/C15H25N3O3.2ClH/c19-13-12-9-16-10-15(12,14(20)21)11-18(13)8-7-17-5-3-1-2-4-6-17;;/h12,16H,1-11H2,(H,20,21);2*1H/t12-,15-;;/m0../s1. The summed E-state index contributed by atoms with van der Waals surface area (Å²) in [4.78, 5) is 28.3. The van der Waals surface area contributed by atoms with Crippen LogP contribution in [0.1, 0.15) is 25.7 Å². The lowest BCUT2D eigenvalue weighted by Crippen LogP contribution is -2.41. The van der Waals surface area contributed by atoms with E-state index in [1.807, 2.05) is 0 Å². The number of nitrogens with zero attached hydrogens (tertiary/aromatic N) is 2. The molecule has 8 heteroatoms. The van der Waals surface area contributed by atoms with Crippen LogP contribution in [0.25, 0.3) is 0 Å². The summed E-state index contributed by atoms with van der Waals surface area (Å²) in [5, 5.41) is 12.6. The molecule has 23 heavy (non-hydrogen) atoms. The number of hydrogen-bond donors (Lipinski definition) is 2. The number of likely N-dealkylation sites (tertiary alicyclic amines) is 2. The van der Waals surface area contributed by atoms with Crippen LogP contribution in [0.15, 0.2) is 0 Å². The van der Waals surface area contributed by atoms with Crippen molar-refractivity contribution in [2.75, 3.05) is 45.8 Å². The average Bonchev–Trinajstić information content (AvgIpc) is 2.87. The lowest BCUT2D eigenvalue weighted by Gasteiger charge is -2.25. The predicted molar refractivity (Wildman–Crippen MR) is 92.4 cm³/mol. The predicted octanol–water partition coefficient (Wildman–Crippen LogP) is 0.839. The monoisotopic (exact) mass is 367 g/mol. The highest BCUT2D eigenvalue weighted by atomic mass is 35.5. The fraction of sp³-hybridized carbons (Fsp3) is 0.867. The van der Waals surface area contributed by atoms with Gasteiger partial charge in [-0.25, -0.2) is 0 Å². The molecule has 2 N–H and O–H groups in total. The second-order valence-corrected chi connectivity index (χ2v) is 6.66. The van der Waals surface area contributed by atoms with Crippen LogP contribution in [0, 0.1) is 11.3 Å². The third kappa shape index (κ3) is 3.92. The maximum Gasteiger partial charge on any atom is 0.313 e. The van der Waals surface area contributed by atoms with Crippen molar-refractivity contribution < 1.29 is 14.7 Å². The Balaban J connectivity index is 0.00000132. The number of amides is 1. The van der Waals surface area contributed by atoms with E-state index in [1.54, 1.807) is 4.90 Å². The van der Waals surface area contributed by atoms with Gasteiger partial charge in [-0.05, 0) is 25.9 Å². The van der Waals surface area contributed by atoms with Crippen molar-refractivity contribution in [3.63, 3.8) is 0 Å². The molecule has 6 nitrogen and oxygen atoms in total. The van der Waals surface area contributed by atoms with Gasteiger partial charge in [-0.3, -0.25) is 9.59 Å². The molecule has 0 unspecified atom stereocenters. The first-order valence-corrected chi connectivity index (χ1v) is 8.09. The van der Waals surface area contributed by atoms with Crippen molar-refractivity contribution in [3.05, 3.63) is 0 Å². The molecule has 0 aliphatic carbocycles. The number of aliphatic carboxylic acids is 1. The number of hydrogen-bond acceptors (Lipinski definition) is 4. The summed E-state index contributed by atoms with van der Waals surface area (Å²) in [7, 11) is 0. The molecule has 1 amide bonds. The molecule has 0 spiro atoms. The number of fused-ring (bicyclic) bond motifs is 1. The number of carboxylic acid groups (broad SMARTS) is 1. The summed E-state index contributed by atoms with van der Waals surface area (Å²) in [6.45, 7) is 5.05. The minimum Gasteiger partial charge on any atom is -0.481 e. The minimum atomic E-state index is -0.893. The van der Waals surface area contributed by atoms with Crippen LogP contribution in [0.3, 0.4) is 0 Å². The number of nitrogens with one attached hydrogen (secondary N) is 1. The Kier molecular flexibility index (Phi) is 7.58. The molecule has 0 aromatic rings. The van der Waals surface area contributed by atoms with E-state index in [0.29, 0.717) is 26.2 Å². The first-order chi connectivity index (χ1) is 10.1. The summed E-state index contributed by atoms with van der Waals surface area (Å²) in [5.41, 5.74) is -0.893. The van der Waals surface area contributed by atoms with Crippen LogP contribution in [0.5, 0.6) is 0 Å². The maximum absolute atomic E-state index is 12.4. The third-order valence-electron chi connectivity index (χ3n) is 5.35. The highest BCUT2D eigenvalue weighted by Gasteiger charge is 2.59. The second kappa shape index (κ2) is 8.51. The number of rotatable bonds is 4. The zero-order valence-electron chi connectivity index (χ0n) is 13.3. The van der Waals surface area contributed by atoms with Gasteiger partial charge in [0, 0.05) is 32.7 Å². The van der Waals surface area contributed by atoms with Gasteiger partial charge in [-0.15, -0.1) is 24.8 Å². The number of carbonyl (C=O) groups excluding carboxylic acids is 1. The van der Waals surface area contributed by atoms with E-state index in [0.717, 1.165) is 19.6 Å². The molecule has 3 fully saturated rings. The minimum absolute atomic E-state index is 0. The van der Waals surface area contributed by atoms with Gasteiger partial charge in [-0.2, -0.15) is 0 Å². The van der Waals surface area contributed by atoms with Crippen LogP contribution in [-0.4, -0.2) is 72.6 Å². The molecule has 3 aliphatic rings. The van der Waals surface area contributed by atoms with Gasteiger partial charge in [-0.1, -0.05) is 12.8 Å². The van der Waals surface area contributed by atoms with E-state index >= 15 is 0 Å². The SMILES string of the molecule is Cl.Cl.O=C1[C@@H]2CNC[C@]2(C(=O)O)CN1CCN1CCCCCC1. The molecular formula is C15H27Cl2N3O3. The molecule has 0 saturated carbocycles. The Hall–Kier alpha value is -0.560. The van der Waals surface area contributed by atoms with Gasteiger partial charge < -0.3 is 20.2 Å². The van der Waals surface area contributed by atoms with Crippen LogP contribution in [0.4, 0.5) is 0 Å². The van der Waals surface area contributed by atoms with Crippen molar-refractivity contribution in [1.82, 2.24) is 15.1 Å². The van der Waals surface area contributed by atoms with Crippen molar-refractivity contribution in [2.24, 2.45) is 11.3 Å². The van der Waals surface area contributed by atoms with Crippen LogP contribution in [0.2, 0.25) is 0 Å². The molecule has 3 rings (SSSR count). The van der Waals surface area contributed by atoms with E-state index in [-0.39, 0.29) is 36.6 Å². The van der Waals surface area contributed by atoms with Crippen molar-refractivity contribution >= 4 is 36.7 Å². The quantitative estimate of drug-likeness (QED) is 0.770. The highest BCUT2D eigenvalue weighted by molar-refractivity contribution is 5.92. The fourth-order valence-corrected chi connectivity index (χ4v) is 3.99. The molecule has 0 aromatic carbocycles. The summed E-state index contributed by atoms with van der Waals surface area (Å²) in [6.07, 6.45) is 5.07. The van der Waals surface area contributed by atoms with Crippen molar-refractivity contribution in [1.29, 1.82) is 0 Å². The van der Waals surface area contributed by atoms with Crippen LogP contribution >= 0.6 is 24.8 Å². The Morgan fingerprint density at radius 2 is 1.83 bits per heavy atom. The van der Waals surface area contributed by atoms with Gasteiger partial charge in [0.2, 0.25) is 5.91 Å². The van der Waals surface area contributed by atoms with Gasteiger partial charge in [0.05, 0.1) is 5.92 Å². The summed E-state index contributed by atoms with van der Waals surface area (Å²) >= 11 is 0. The molecule has 0 radical (unpaired) electrons. The molecule has 2 atom stereocenters. The van der Waals surface area contributed by atoms with Crippen LogP contribution in [-0.2, 0) is 9.59 Å². The molecule has 3 aliphatic heterocycles. The van der Waals surface area contributed by atoms with E-state index < -0.39 is 11.4 Å². The Morgan fingerprint density at radius 1 is 1.17 bits per heavy atom. The van der Waals surface area contributed by atoms with E-state index in [1.165, 1.54) is 25.7 Å². The highest BCUT2D eigenvalue weighted by Crippen LogP contribution is 2.40. The Labute approximate surface area is 149 Å². The van der Waals surface area contributed by atoms with Crippen LogP contribution < -0.4 is 5.32 Å². The van der Waals surface area contributed by atoms with Gasteiger partial charge in [0.25, 0.3) is 0 Å². The third-order valence-corrected chi connectivity index (χ3v) is 5.35. The largest absolute Gasteiger partial charge is 0.481 e. The first-order valence-electron chi connectivity index (χ1n) is 8.09. The normalized spacial score (nSPS) is 31.0. The van der Waals surface area contributed by atoms with Gasteiger partial charge >= 0.3 is 5.97 Å². The molecular weight excluding hydrogens is 341 g/mol. The van der Waals surface area contributed by atoms with Crippen molar-refractivity contribution in [3.8, 4) is 0 Å². The zero-order chi connectivity index (χ0) is 14.9. The van der Waals surface area contributed by atoms with E-state index in [2.05, 4.69) is 10.2 Å². The van der Waals surface area contributed by atoms with Gasteiger partial charge in [0.15, 0.2) is 0 Å². The Morgan fingerprint density at radius 3 is 2.39 bits per heavy atom. The first kappa shape index (κ1) is 20.5.